The number of nitrogens with zero attached hydrogens (tertiary/aromatic N) is 1. The lowest BCUT2D eigenvalue weighted by Crippen LogP contribution is -2.35. The largest absolute Gasteiger partial charge is 0.496 e. The number of methoxy groups -OCH3 is 1. The van der Waals surface area contributed by atoms with Crippen LogP contribution in [-0.4, -0.2) is 44.1 Å². The highest BCUT2D eigenvalue weighted by atomic mass is 32.1. The standard InChI is InChI=1S/C13H22N2O2S/c1-4-15(5-2)7-6-14-13(16)8-11-9-18-10-12(11)17-3/h9-10H,4-8H2,1-3H3,(H,14,16). The van der Waals surface area contributed by atoms with E-state index in [9.17, 15) is 4.79 Å². The van der Waals surface area contributed by atoms with Gasteiger partial charge in [0.05, 0.1) is 13.5 Å². The van der Waals surface area contributed by atoms with E-state index in [2.05, 4.69) is 24.1 Å². The molecule has 1 aromatic heterocycles. The van der Waals surface area contributed by atoms with E-state index in [1.165, 1.54) is 0 Å². The van der Waals surface area contributed by atoms with Crippen molar-refractivity contribution in [3.8, 4) is 5.75 Å². The molecule has 4 nitrogen and oxygen atoms in total. The van der Waals surface area contributed by atoms with Crippen molar-refractivity contribution < 1.29 is 9.53 Å². The van der Waals surface area contributed by atoms with E-state index in [4.69, 9.17) is 4.74 Å². The van der Waals surface area contributed by atoms with Gasteiger partial charge in [0.2, 0.25) is 5.91 Å². The van der Waals surface area contributed by atoms with Crippen LogP contribution in [0, 0.1) is 0 Å². The number of thiophene rings is 1. The van der Waals surface area contributed by atoms with Gasteiger partial charge in [-0.25, -0.2) is 0 Å². The van der Waals surface area contributed by atoms with Crippen molar-refractivity contribution in [2.75, 3.05) is 33.3 Å². The number of carbonyl (C=O) groups excluding carboxylic acids is 1. The Labute approximate surface area is 113 Å². The summed E-state index contributed by atoms with van der Waals surface area (Å²) in [5.74, 6) is 0.859. The predicted molar refractivity (Wildman–Crippen MR) is 75.4 cm³/mol. The van der Waals surface area contributed by atoms with Gasteiger partial charge < -0.3 is 15.0 Å². The molecule has 0 atom stereocenters. The number of ether oxygens (including phenoxy) is 1. The van der Waals surface area contributed by atoms with E-state index in [-0.39, 0.29) is 5.91 Å². The molecule has 5 heteroatoms. The number of carbonyl (C=O) groups is 1. The van der Waals surface area contributed by atoms with Crippen molar-refractivity contribution in [2.24, 2.45) is 0 Å². The molecule has 1 N–H and O–H groups in total. The third-order valence-corrected chi connectivity index (χ3v) is 3.69. The molecule has 0 fully saturated rings. The van der Waals surface area contributed by atoms with Gasteiger partial charge in [-0.05, 0) is 18.5 Å². The van der Waals surface area contributed by atoms with Crippen LogP contribution in [-0.2, 0) is 11.2 Å². The van der Waals surface area contributed by atoms with E-state index >= 15 is 0 Å². The van der Waals surface area contributed by atoms with Gasteiger partial charge in [-0.3, -0.25) is 4.79 Å². The van der Waals surface area contributed by atoms with Crippen LogP contribution < -0.4 is 10.1 Å². The molecule has 1 aromatic rings. The first-order valence-corrected chi connectivity index (χ1v) is 7.23. The molecule has 0 unspecified atom stereocenters. The Morgan fingerprint density at radius 1 is 1.39 bits per heavy atom. The first-order chi connectivity index (χ1) is 8.71. The zero-order chi connectivity index (χ0) is 13.4. The van der Waals surface area contributed by atoms with Crippen LogP contribution in [0.2, 0.25) is 0 Å². The second-order valence-corrected chi connectivity index (χ2v) is 4.76. The molecule has 0 aliphatic heterocycles. The number of nitrogens with one attached hydrogen (secondary N) is 1. The molecule has 0 aliphatic rings. The maximum absolute atomic E-state index is 11.8. The smallest absolute Gasteiger partial charge is 0.224 e. The SMILES string of the molecule is CCN(CC)CCNC(=O)Cc1cscc1OC. The molecule has 0 bridgehead atoms. The molecule has 1 heterocycles. The molecule has 0 radical (unpaired) electrons. The van der Waals surface area contributed by atoms with Gasteiger partial charge in [0, 0.05) is 24.0 Å². The molecule has 0 saturated heterocycles. The van der Waals surface area contributed by atoms with Crippen molar-refractivity contribution in [1.82, 2.24) is 10.2 Å². The Balaban J connectivity index is 2.30. The first-order valence-electron chi connectivity index (χ1n) is 6.29. The lowest BCUT2D eigenvalue weighted by atomic mass is 10.2. The number of likely N-dealkylation sites (N-methyl/N-ethyl adjacent to an activating group) is 1. The van der Waals surface area contributed by atoms with Gasteiger partial charge in [0.1, 0.15) is 5.75 Å². The maximum Gasteiger partial charge on any atom is 0.224 e. The lowest BCUT2D eigenvalue weighted by Gasteiger charge is -2.17. The first kappa shape index (κ1) is 15.0. The summed E-state index contributed by atoms with van der Waals surface area (Å²) in [6, 6.07) is 0. The lowest BCUT2D eigenvalue weighted by molar-refractivity contribution is -0.120. The van der Waals surface area contributed by atoms with Gasteiger partial charge in [-0.15, -0.1) is 11.3 Å². The molecule has 1 amide bonds. The minimum atomic E-state index is 0.0545. The van der Waals surface area contributed by atoms with E-state index in [0.717, 1.165) is 30.9 Å². The van der Waals surface area contributed by atoms with Crippen LogP contribution in [0.25, 0.3) is 0 Å². The fraction of sp³-hybridized carbons (Fsp3) is 0.615. The maximum atomic E-state index is 11.8. The van der Waals surface area contributed by atoms with Crippen molar-refractivity contribution in [3.05, 3.63) is 16.3 Å². The van der Waals surface area contributed by atoms with Crippen LogP contribution >= 0.6 is 11.3 Å². The summed E-state index contributed by atoms with van der Waals surface area (Å²) in [6.07, 6.45) is 0.394. The summed E-state index contributed by atoms with van der Waals surface area (Å²) in [7, 11) is 1.63. The minimum Gasteiger partial charge on any atom is -0.496 e. The van der Waals surface area contributed by atoms with Gasteiger partial charge in [0.15, 0.2) is 0 Å². The van der Waals surface area contributed by atoms with Crippen LogP contribution in [0.4, 0.5) is 0 Å². The van der Waals surface area contributed by atoms with Crippen molar-refractivity contribution in [1.29, 1.82) is 0 Å². The molecular weight excluding hydrogens is 248 g/mol. The van der Waals surface area contributed by atoms with E-state index < -0.39 is 0 Å². The molecular formula is C13H22N2O2S. The summed E-state index contributed by atoms with van der Waals surface area (Å²) in [6.45, 7) is 7.89. The second kappa shape index (κ2) is 8.11. The van der Waals surface area contributed by atoms with Crippen LogP contribution in [0.15, 0.2) is 10.8 Å². The molecule has 0 aromatic carbocycles. The Morgan fingerprint density at radius 2 is 2.11 bits per heavy atom. The molecule has 0 aliphatic carbocycles. The van der Waals surface area contributed by atoms with Gasteiger partial charge >= 0.3 is 0 Å². The average Bonchev–Trinajstić information content (AvgIpc) is 2.82. The Kier molecular flexibility index (Phi) is 6.75. The number of hydrogen-bond donors (Lipinski definition) is 1. The molecule has 18 heavy (non-hydrogen) atoms. The summed E-state index contributed by atoms with van der Waals surface area (Å²) in [5, 5.41) is 6.82. The zero-order valence-corrected chi connectivity index (χ0v) is 12.2. The molecule has 0 spiro atoms. The molecule has 0 saturated carbocycles. The highest BCUT2D eigenvalue weighted by Gasteiger charge is 2.09. The summed E-state index contributed by atoms with van der Waals surface area (Å²) >= 11 is 1.56. The van der Waals surface area contributed by atoms with Gasteiger partial charge in [0.25, 0.3) is 0 Å². The average molecular weight is 270 g/mol. The highest BCUT2D eigenvalue weighted by Crippen LogP contribution is 2.23. The fourth-order valence-corrected chi connectivity index (χ4v) is 2.55. The normalized spacial score (nSPS) is 10.7. The van der Waals surface area contributed by atoms with Crippen molar-refractivity contribution >= 4 is 17.2 Å². The Morgan fingerprint density at radius 3 is 2.72 bits per heavy atom. The quantitative estimate of drug-likeness (QED) is 0.782. The second-order valence-electron chi connectivity index (χ2n) is 4.02. The van der Waals surface area contributed by atoms with E-state index in [1.54, 1.807) is 18.4 Å². The highest BCUT2D eigenvalue weighted by molar-refractivity contribution is 7.08. The third kappa shape index (κ3) is 4.66. The fourth-order valence-electron chi connectivity index (χ4n) is 1.75. The molecule has 102 valence electrons. The number of hydrogen-bond acceptors (Lipinski definition) is 4. The van der Waals surface area contributed by atoms with Crippen LogP contribution in [0.3, 0.4) is 0 Å². The Hall–Kier alpha value is -1.07. The number of rotatable bonds is 8. The monoisotopic (exact) mass is 270 g/mol. The predicted octanol–water partition coefficient (Wildman–Crippen LogP) is 1.76. The zero-order valence-electron chi connectivity index (χ0n) is 11.4. The third-order valence-electron chi connectivity index (χ3n) is 2.92. The summed E-state index contributed by atoms with van der Waals surface area (Å²) in [5.41, 5.74) is 0.961. The summed E-state index contributed by atoms with van der Waals surface area (Å²) < 4.78 is 5.19. The number of amides is 1. The van der Waals surface area contributed by atoms with Crippen LogP contribution in [0.1, 0.15) is 19.4 Å². The topological polar surface area (TPSA) is 41.6 Å². The minimum absolute atomic E-state index is 0.0545. The van der Waals surface area contributed by atoms with Crippen molar-refractivity contribution in [2.45, 2.75) is 20.3 Å². The summed E-state index contributed by atoms with van der Waals surface area (Å²) in [4.78, 5) is 14.0. The Bertz CT molecular complexity index is 362. The molecule has 1 rings (SSSR count). The van der Waals surface area contributed by atoms with Gasteiger partial charge in [-0.1, -0.05) is 13.8 Å². The van der Waals surface area contributed by atoms with E-state index in [1.807, 2.05) is 10.8 Å². The van der Waals surface area contributed by atoms with Crippen LogP contribution in [0.5, 0.6) is 5.75 Å². The van der Waals surface area contributed by atoms with E-state index in [0.29, 0.717) is 13.0 Å². The van der Waals surface area contributed by atoms with Crippen molar-refractivity contribution in [3.63, 3.8) is 0 Å². The van der Waals surface area contributed by atoms with Gasteiger partial charge in [-0.2, -0.15) is 0 Å².